The molecule has 3 aliphatic heterocycles. The van der Waals surface area contributed by atoms with E-state index in [2.05, 4.69) is 24.8 Å². The van der Waals surface area contributed by atoms with E-state index in [4.69, 9.17) is 14.2 Å². The third kappa shape index (κ3) is 3.95. The van der Waals surface area contributed by atoms with Crippen molar-refractivity contribution in [3.05, 3.63) is 23.3 Å². The second-order valence-electron chi connectivity index (χ2n) is 8.10. The van der Waals surface area contributed by atoms with Crippen LogP contribution in [0.3, 0.4) is 0 Å². The van der Waals surface area contributed by atoms with Crippen molar-refractivity contribution < 1.29 is 18.6 Å². The summed E-state index contributed by atoms with van der Waals surface area (Å²) in [5.41, 5.74) is 2.62. The zero-order valence-corrected chi connectivity index (χ0v) is 15.4. The van der Waals surface area contributed by atoms with Gasteiger partial charge in [-0.3, -0.25) is 4.90 Å². The van der Waals surface area contributed by atoms with Gasteiger partial charge in [-0.2, -0.15) is 0 Å². The van der Waals surface area contributed by atoms with Crippen LogP contribution in [0, 0.1) is 11.8 Å². The van der Waals surface area contributed by atoms with Gasteiger partial charge in [0.25, 0.3) is 0 Å². The van der Waals surface area contributed by atoms with E-state index in [1.54, 1.807) is 7.11 Å². The molecule has 0 amide bonds. The van der Waals surface area contributed by atoms with Gasteiger partial charge in [-0.1, -0.05) is 28.7 Å². The summed E-state index contributed by atoms with van der Waals surface area (Å²) in [5.74, 6) is 2.44. The minimum absolute atomic E-state index is 0. The number of hydrogen-bond acceptors (Lipinski definition) is 4. The predicted octanol–water partition coefficient (Wildman–Crippen LogP) is 5.01. The van der Waals surface area contributed by atoms with Crippen LogP contribution in [0.25, 0.3) is 0 Å². The molecule has 0 radical (unpaired) electrons. The Morgan fingerprint density at radius 1 is 1.30 bits per heavy atom. The predicted molar refractivity (Wildman–Crippen MR) is 107 cm³/mol. The first-order chi connectivity index (χ1) is 12.1. The summed E-state index contributed by atoms with van der Waals surface area (Å²) in [7, 11) is 1.61. The molecule has 0 saturated carbocycles. The summed E-state index contributed by atoms with van der Waals surface area (Å²) in [6.07, 6.45) is 3.24. The lowest BCUT2D eigenvalue weighted by Gasteiger charge is -2.47. The summed E-state index contributed by atoms with van der Waals surface area (Å²) >= 11 is 0. The van der Waals surface area contributed by atoms with E-state index < -0.39 is 6.86 Å². The fourth-order valence-electron chi connectivity index (χ4n) is 4.80. The molecule has 4 nitrogen and oxygen atoms in total. The van der Waals surface area contributed by atoms with Gasteiger partial charge in [0.2, 0.25) is 6.86 Å². The molecule has 5 heteroatoms. The first-order valence-electron chi connectivity index (χ1n) is 9.34. The fourth-order valence-corrected chi connectivity index (χ4v) is 4.80. The van der Waals surface area contributed by atoms with E-state index in [-0.39, 0.29) is 20.5 Å². The molecule has 0 aromatic heterocycles. The van der Waals surface area contributed by atoms with Crippen LogP contribution in [0.1, 0.15) is 58.7 Å². The summed E-state index contributed by atoms with van der Waals surface area (Å²) in [4.78, 5) is 2.61. The van der Waals surface area contributed by atoms with Gasteiger partial charge in [0.1, 0.15) is 0 Å². The lowest BCUT2D eigenvalue weighted by Crippen LogP contribution is -2.50. The monoisotopic (exact) mass is 380 g/mol. The number of epoxide rings is 1. The zero-order chi connectivity index (χ0) is 17.6. The molecule has 1 spiro atoms. The number of hydrogen-bond donors (Lipinski definition) is 0. The summed E-state index contributed by atoms with van der Waals surface area (Å²) in [6.45, 7) is 6.80. The maximum atomic E-state index is 12.7. The van der Waals surface area contributed by atoms with Gasteiger partial charge in [-0.15, -0.1) is 0 Å². The van der Waals surface area contributed by atoms with Gasteiger partial charge in [0.05, 0.1) is 19.3 Å². The number of nitrogens with zero attached hydrogens (tertiary/aromatic N) is 1. The SMILES string of the molecule is C.C.COc1cc2c(cc1OC[18F])CCN1C[C@@H](CC(C)C)[C@@]3(CO3)C[C@H]21. The Labute approximate surface area is 164 Å². The van der Waals surface area contributed by atoms with Crippen molar-refractivity contribution >= 4 is 0 Å². The molecule has 4 rings (SSSR count). The smallest absolute Gasteiger partial charge is 0.228 e. The highest BCUT2D eigenvalue weighted by molar-refractivity contribution is 5.50. The lowest BCUT2D eigenvalue weighted by atomic mass is 9.74. The van der Waals surface area contributed by atoms with Crippen LogP contribution < -0.4 is 9.47 Å². The van der Waals surface area contributed by atoms with E-state index in [1.165, 1.54) is 17.5 Å². The Balaban J connectivity index is 0.00000131. The average molecular weight is 381 g/mol. The largest absolute Gasteiger partial charge is 0.493 e. The lowest BCUT2D eigenvalue weighted by molar-refractivity contribution is 0.0223. The zero-order valence-electron chi connectivity index (χ0n) is 15.4. The second-order valence-corrected chi connectivity index (χ2v) is 8.10. The topological polar surface area (TPSA) is 34.2 Å². The highest BCUT2D eigenvalue weighted by atomic mass is 18.2. The van der Waals surface area contributed by atoms with E-state index in [9.17, 15) is 4.39 Å². The number of methoxy groups -OCH3 is 1. The van der Waals surface area contributed by atoms with Crippen molar-refractivity contribution in [3.8, 4) is 11.5 Å². The third-order valence-corrected chi connectivity index (χ3v) is 6.11. The Bertz CT molecular complexity index is 645. The molecule has 1 aromatic rings. The number of ether oxygens (including phenoxy) is 3. The van der Waals surface area contributed by atoms with Gasteiger partial charge >= 0.3 is 0 Å². The molecular weight excluding hydrogens is 344 g/mol. The molecule has 154 valence electrons. The molecule has 2 fully saturated rings. The number of alkyl halides is 1. The van der Waals surface area contributed by atoms with E-state index in [1.807, 2.05) is 6.07 Å². The standard InChI is InChI=1S/C20H28FNO3.2CH4/c1-13(2)6-15-10-22-5-4-14-7-19(24-12-21)18(23-3)8-16(14)17(22)9-20(15)11-25-20;;/h7-8,13,15,17H,4-6,9-12H2,1-3H3;2*1H4/t15-,17-,20+;;/m1../s1/i21-1;;. The van der Waals surface area contributed by atoms with Crippen LogP contribution in [-0.2, 0) is 11.2 Å². The highest BCUT2D eigenvalue weighted by Crippen LogP contribution is 2.53. The summed E-state index contributed by atoms with van der Waals surface area (Å²) in [6, 6.07) is 4.38. The highest BCUT2D eigenvalue weighted by Gasteiger charge is 2.57. The molecule has 0 aliphatic carbocycles. The van der Waals surface area contributed by atoms with Crippen LogP contribution in [0.2, 0.25) is 0 Å². The van der Waals surface area contributed by atoms with Crippen molar-refractivity contribution in [2.24, 2.45) is 11.8 Å². The molecule has 3 atom stereocenters. The van der Waals surface area contributed by atoms with Crippen LogP contribution >= 0.6 is 0 Å². The number of rotatable bonds is 5. The minimum atomic E-state index is -0.835. The number of fused-ring (bicyclic) bond motifs is 3. The molecule has 2 saturated heterocycles. The number of piperidine rings is 1. The van der Waals surface area contributed by atoms with Crippen molar-refractivity contribution in [1.82, 2.24) is 4.90 Å². The van der Waals surface area contributed by atoms with Crippen LogP contribution in [0.15, 0.2) is 12.1 Å². The normalized spacial score (nSPS) is 28.6. The third-order valence-electron chi connectivity index (χ3n) is 6.11. The molecule has 0 bridgehead atoms. The second kappa shape index (κ2) is 8.36. The Kier molecular flexibility index (Phi) is 6.80. The van der Waals surface area contributed by atoms with Crippen molar-refractivity contribution in [3.63, 3.8) is 0 Å². The Morgan fingerprint density at radius 2 is 2.04 bits per heavy atom. The van der Waals surface area contributed by atoms with Crippen molar-refractivity contribution in [2.45, 2.75) is 59.6 Å². The maximum absolute atomic E-state index is 12.7. The quantitative estimate of drug-likeness (QED) is 0.673. The van der Waals surface area contributed by atoms with Crippen LogP contribution in [0.4, 0.5) is 4.39 Å². The van der Waals surface area contributed by atoms with E-state index >= 15 is 0 Å². The van der Waals surface area contributed by atoms with Crippen LogP contribution in [0.5, 0.6) is 11.5 Å². The average Bonchev–Trinajstić information content (AvgIpc) is 3.35. The Morgan fingerprint density at radius 3 is 2.63 bits per heavy atom. The molecule has 3 heterocycles. The van der Waals surface area contributed by atoms with E-state index in [0.717, 1.165) is 32.5 Å². The number of halogens is 1. The van der Waals surface area contributed by atoms with E-state index in [0.29, 0.717) is 29.4 Å². The van der Waals surface area contributed by atoms with Gasteiger partial charge < -0.3 is 14.2 Å². The van der Waals surface area contributed by atoms with Gasteiger partial charge in [-0.25, -0.2) is 4.39 Å². The maximum Gasteiger partial charge on any atom is 0.228 e. The molecule has 0 N–H and O–H groups in total. The van der Waals surface area contributed by atoms with Crippen LogP contribution in [-0.4, -0.2) is 44.2 Å². The molecule has 1 aromatic carbocycles. The van der Waals surface area contributed by atoms with Crippen molar-refractivity contribution in [2.75, 3.05) is 33.7 Å². The first kappa shape index (κ1) is 22.0. The first-order valence-corrected chi connectivity index (χ1v) is 9.34. The molecule has 0 unspecified atom stereocenters. The summed E-state index contributed by atoms with van der Waals surface area (Å²) < 4.78 is 29.2. The molecule has 27 heavy (non-hydrogen) atoms. The Hall–Kier alpha value is -1.33. The minimum Gasteiger partial charge on any atom is -0.493 e. The van der Waals surface area contributed by atoms with Gasteiger partial charge in [-0.05, 0) is 48.4 Å². The van der Waals surface area contributed by atoms with Gasteiger partial charge in [0.15, 0.2) is 11.5 Å². The van der Waals surface area contributed by atoms with Crippen molar-refractivity contribution in [1.29, 1.82) is 0 Å². The molecular formula is C22H36FNO3. The fraction of sp³-hybridized carbons (Fsp3) is 0.727. The molecule has 3 aliphatic rings. The number of benzene rings is 1. The summed E-state index contributed by atoms with van der Waals surface area (Å²) in [5, 5.41) is 0. The van der Waals surface area contributed by atoms with Gasteiger partial charge in [0, 0.05) is 25.0 Å².